The fourth-order valence-corrected chi connectivity index (χ4v) is 3.02. The summed E-state index contributed by atoms with van der Waals surface area (Å²) in [4.78, 5) is 9.17. The second kappa shape index (κ2) is 5.82. The maximum absolute atomic E-state index is 5.78. The van der Waals surface area contributed by atoms with Crippen LogP contribution in [0.15, 0.2) is 47.4 Å². The van der Waals surface area contributed by atoms with E-state index in [1.54, 1.807) is 11.8 Å². The first-order valence-electron chi connectivity index (χ1n) is 7.09. The Labute approximate surface area is 129 Å². The summed E-state index contributed by atoms with van der Waals surface area (Å²) in [5.74, 6) is 2.38. The van der Waals surface area contributed by atoms with Gasteiger partial charge in [-0.15, -0.1) is 11.8 Å². The number of hydrogen-bond acceptors (Lipinski definition) is 3. The van der Waals surface area contributed by atoms with Crippen LogP contribution in [0.4, 0.5) is 5.69 Å². The summed E-state index contributed by atoms with van der Waals surface area (Å²) >= 11 is 1.79. The molecule has 0 aliphatic rings. The number of H-pyrrole nitrogens is 1. The van der Waals surface area contributed by atoms with Crippen molar-refractivity contribution in [2.24, 2.45) is 0 Å². The zero-order valence-electron chi connectivity index (χ0n) is 12.3. The monoisotopic (exact) mass is 297 g/mol. The molecule has 0 fully saturated rings. The lowest BCUT2D eigenvalue weighted by molar-refractivity contribution is 0.865. The topological polar surface area (TPSA) is 54.7 Å². The Kier molecular flexibility index (Phi) is 3.88. The number of rotatable bonds is 4. The first-order valence-corrected chi connectivity index (χ1v) is 8.07. The molecule has 108 valence electrons. The number of nitrogens with zero attached hydrogens (tertiary/aromatic N) is 1. The van der Waals surface area contributed by atoms with Gasteiger partial charge in [-0.1, -0.05) is 26.0 Å². The standard InChI is InChI=1S/C17H19N3S/c1-11(2)12-3-6-14(7-4-12)21-10-17-19-15-8-5-13(18)9-16(15)20-17/h3-9,11H,10,18H2,1-2H3,(H,19,20). The molecular formula is C17H19N3S. The van der Waals surface area contributed by atoms with Crippen molar-refractivity contribution in [1.29, 1.82) is 0 Å². The van der Waals surface area contributed by atoms with Crippen LogP contribution in [0, 0.1) is 0 Å². The maximum Gasteiger partial charge on any atom is 0.117 e. The lowest BCUT2D eigenvalue weighted by Crippen LogP contribution is -1.87. The first kappa shape index (κ1) is 14.0. The summed E-state index contributed by atoms with van der Waals surface area (Å²) in [5.41, 5.74) is 9.88. The molecule has 0 radical (unpaired) electrons. The van der Waals surface area contributed by atoms with Gasteiger partial charge in [0.2, 0.25) is 0 Å². The highest BCUT2D eigenvalue weighted by molar-refractivity contribution is 7.98. The van der Waals surface area contributed by atoms with Crippen molar-refractivity contribution < 1.29 is 0 Å². The summed E-state index contributed by atoms with van der Waals surface area (Å²) in [6, 6.07) is 14.5. The van der Waals surface area contributed by atoms with Crippen molar-refractivity contribution in [1.82, 2.24) is 9.97 Å². The van der Waals surface area contributed by atoms with Gasteiger partial charge >= 0.3 is 0 Å². The van der Waals surface area contributed by atoms with E-state index in [0.717, 1.165) is 28.3 Å². The van der Waals surface area contributed by atoms with Gasteiger partial charge in [-0.3, -0.25) is 0 Å². The molecule has 2 aromatic carbocycles. The average Bonchev–Trinajstić information content (AvgIpc) is 2.87. The summed E-state index contributed by atoms with van der Waals surface area (Å²) in [5, 5.41) is 0. The van der Waals surface area contributed by atoms with Crippen LogP contribution in [0.1, 0.15) is 31.2 Å². The normalized spacial score (nSPS) is 11.4. The van der Waals surface area contributed by atoms with Crippen molar-refractivity contribution in [3.05, 3.63) is 53.9 Å². The number of nitrogen functional groups attached to an aromatic ring is 1. The number of hydrogen-bond donors (Lipinski definition) is 2. The highest BCUT2D eigenvalue weighted by Gasteiger charge is 2.04. The molecule has 3 aromatic rings. The number of fused-ring (bicyclic) bond motifs is 1. The van der Waals surface area contributed by atoms with Crippen LogP contribution < -0.4 is 5.73 Å². The molecule has 0 unspecified atom stereocenters. The number of nitrogens with two attached hydrogens (primary N) is 1. The second-order valence-electron chi connectivity index (χ2n) is 5.47. The molecule has 0 aliphatic heterocycles. The molecule has 0 spiro atoms. The molecule has 1 heterocycles. The zero-order valence-corrected chi connectivity index (χ0v) is 13.1. The van der Waals surface area contributed by atoms with E-state index in [4.69, 9.17) is 5.73 Å². The molecule has 1 aromatic heterocycles. The van der Waals surface area contributed by atoms with Gasteiger partial charge in [0.1, 0.15) is 5.82 Å². The Balaban J connectivity index is 1.71. The predicted molar refractivity (Wildman–Crippen MR) is 90.6 cm³/mol. The fourth-order valence-electron chi connectivity index (χ4n) is 2.25. The van der Waals surface area contributed by atoms with Crippen molar-refractivity contribution in [3.63, 3.8) is 0 Å². The number of nitrogens with one attached hydrogen (secondary N) is 1. The third-order valence-corrected chi connectivity index (χ3v) is 4.50. The Morgan fingerprint density at radius 2 is 1.90 bits per heavy atom. The Bertz CT molecular complexity index is 744. The number of thioether (sulfide) groups is 1. The third-order valence-electron chi connectivity index (χ3n) is 3.48. The molecule has 0 saturated heterocycles. The van der Waals surface area contributed by atoms with Crippen molar-refractivity contribution in [2.75, 3.05) is 5.73 Å². The first-order chi connectivity index (χ1) is 10.1. The van der Waals surface area contributed by atoms with E-state index >= 15 is 0 Å². The molecule has 0 atom stereocenters. The largest absolute Gasteiger partial charge is 0.399 e. The quantitative estimate of drug-likeness (QED) is 0.548. The minimum Gasteiger partial charge on any atom is -0.399 e. The predicted octanol–water partition coefficient (Wildman–Crippen LogP) is 4.56. The number of aromatic amines is 1. The average molecular weight is 297 g/mol. The van der Waals surface area contributed by atoms with Crippen molar-refractivity contribution in [3.8, 4) is 0 Å². The van der Waals surface area contributed by atoms with Gasteiger partial charge in [-0.2, -0.15) is 0 Å². The SMILES string of the molecule is CC(C)c1ccc(SCc2nc3ccc(N)cc3[nH]2)cc1. The van der Waals surface area contributed by atoms with Crippen LogP contribution in [0.25, 0.3) is 11.0 Å². The molecule has 4 heteroatoms. The van der Waals surface area contributed by atoms with Crippen LogP contribution in [-0.4, -0.2) is 9.97 Å². The zero-order chi connectivity index (χ0) is 14.8. The van der Waals surface area contributed by atoms with E-state index < -0.39 is 0 Å². The number of aromatic nitrogens is 2. The van der Waals surface area contributed by atoms with E-state index in [0.29, 0.717) is 5.92 Å². The van der Waals surface area contributed by atoms with Crippen LogP contribution in [-0.2, 0) is 5.75 Å². The van der Waals surface area contributed by atoms with E-state index in [-0.39, 0.29) is 0 Å². The van der Waals surface area contributed by atoms with Gasteiger partial charge in [-0.05, 0) is 41.8 Å². The van der Waals surface area contributed by atoms with Gasteiger partial charge in [0.05, 0.1) is 16.8 Å². The second-order valence-corrected chi connectivity index (χ2v) is 6.52. The van der Waals surface area contributed by atoms with E-state index in [1.165, 1.54) is 10.5 Å². The van der Waals surface area contributed by atoms with Gasteiger partial charge in [0.15, 0.2) is 0 Å². The lowest BCUT2D eigenvalue weighted by atomic mass is 10.0. The van der Waals surface area contributed by atoms with E-state index in [1.807, 2.05) is 18.2 Å². The van der Waals surface area contributed by atoms with Gasteiger partial charge < -0.3 is 10.7 Å². The molecule has 0 aliphatic carbocycles. The Hall–Kier alpha value is -1.94. The van der Waals surface area contributed by atoms with Crippen LogP contribution in [0.5, 0.6) is 0 Å². The van der Waals surface area contributed by atoms with Crippen LogP contribution in [0.2, 0.25) is 0 Å². The molecule has 3 nitrogen and oxygen atoms in total. The smallest absolute Gasteiger partial charge is 0.117 e. The van der Waals surface area contributed by atoms with Crippen molar-refractivity contribution >= 4 is 28.5 Å². The summed E-state index contributed by atoms with van der Waals surface area (Å²) < 4.78 is 0. The summed E-state index contributed by atoms with van der Waals surface area (Å²) in [6.45, 7) is 4.42. The molecule has 3 N–H and O–H groups in total. The van der Waals surface area contributed by atoms with Gasteiger partial charge in [0.25, 0.3) is 0 Å². The molecule has 21 heavy (non-hydrogen) atoms. The summed E-state index contributed by atoms with van der Waals surface area (Å²) in [6.07, 6.45) is 0. The highest BCUT2D eigenvalue weighted by Crippen LogP contribution is 2.25. The number of imidazole rings is 1. The number of benzene rings is 2. The Morgan fingerprint density at radius 1 is 1.14 bits per heavy atom. The minimum absolute atomic E-state index is 0.574. The van der Waals surface area contributed by atoms with Crippen molar-refractivity contribution in [2.45, 2.75) is 30.4 Å². The molecule has 0 saturated carbocycles. The fraction of sp³-hybridized carbons (Fsp3) is 0.235. The van der Waals surface area contributed by atoms with E-state index in [2.05, 4.69) is 48.1 Å². The lowest BCUT2D eigenvalue weighted by Gasteiger charge is -2.06. The van der Waals surface area contributed by atoms with E-state index in [9.17, 15) is 0 Å². The van der Waals surface area contributed by atoms with Crippen LogP contribution in [0.3, 0.4) is 0 Å². The molecule has 3 rings (SSSR count). The highest BCUT2D eigenvalue weighted by atomic mass is 32.2. The Morgan fingerprint density at radius 3 is 2.62 bits per heavy atom. The summed E-state index contributed by atoms with van der Waals surface area (Å²) in [7, 11) is 0. The van der Waals surface area contributed by atoms with Crippen LogP contribution >= 0.6 is 11.8 Å². The maximum atomic E-state index is 5.78. The van der Waals surface area contributed by atoms with Gasteiger partial charge in [-0.25, -0.2) is 4.98 Å². The molecule has 0 bridgehead atoms. The third kappa shape index (κ3) is 3.22. The molecular weight excluding hydrogens is 278 g/mol. The molecule has 0 amide bonds. The minimum atomic E-state index is 0.574. The van der Waals surface area contributed by atoms with Gasteiger partial charge in [0, 0.05) is 10.6 Å². The number of anilines is 1.